The first-order valence-corrected chi connectivity index (χ1v) is 9.30. The monoisotopic (exact) mass is 362 g/mol. The van der Waals surface area contributed by atoms with E-state index in [-0.39, 0.29) is 17.6 Å². The lowest BCUT2D eigenvalue weighted by atomic mass is 10.1. The Morgan fingerprint density at radius 3 is 2.54 bits per heavy atom. The summed E-state index contributed by atoms with van der Waals surface area (Å²) in [6, 6.07) is 5.80. The van der Waals surface area contributed by atoms with E-state index in [0.717, 1.165) is 39.1 Å². The normalized spacial score (nSPS) is 22.0. The fourth-order valence-electron chi connectivity index (χ4n) is 3.51. The van der Waals surface area contributed by atoms with Crippen LogP contribution < -0.4 is 10.2 Å². The first-order valence-electron chi connectivity index (χ1n) is 9.30. The quantitative estimate of drug-likeness (QED) is 0.604. The van der Waals surface area contributed by atoms with Crippen LogP contribution in [0.25, 0.3) is 0 Å². The third-order valence-corrected chi connectivity index (χ3v) is 5.21. The van der Waals surface area contributed by atoms with Crippen LogP contribution in [0.5, 0.6) is 0 Å². The largest absolute Gasteiger partial charge is 0.355 e. The van der Waals surface area contributed by atoms with Crippen molar-refractivity contribution in [1.29, 1.82) is 0 Å². The molecule has 142 valence electrons. The number of carbonyl (C=O) groups is 2. The molecule has 2 fully saturated rings. The maximum Gasteiger partial charge on any atom is 0.239 e. The third kappa shape index (κ3) is 4.59. The van der Waals surface area contributed by atoms with Crippen LogP contribution in [0.15, 0.2) is 24.3 Å². The molecule has 2 heterocycles. The minimum absolute atomic E-state index is 0.196. The van der Waals surface area contributed by atoms with E-state index < -0.39 is 5.92 Å². The highest BCUT2D eigenvalue weighted by atomic mass is 19.1. The highest BCUT2D eigenvalue weighted by molar-refractivity contribution is 6.09. The van der Waals surface area contributed by atoms with Gasteiger partial charge in [-0.25, -0.2) is 4.39 Å². The lowest BCUT2D eigenvalue weighted by molar-refractivity contribution is -0.132. The highest BCUT2D eigenvalue weighted by Gasteiger charge is 2.37. The van der Waals surface area contributed by atoms with Crippen molar-refractivity contribution in [1.82, 2.24) is 15.1 Å². The molecule has 0 unspecified atom stereocenters. The predicted octanol–water partition coefficient (Wildman–Crippen LogP) is 0.932. The minimum Gasteiger partial charge on any atom is -0.355 e. The minimum atomic E-state index is -0.635. The molecule has 0 radical (unpaired) electrons. The van der Waals surface area contributed by atoms with Crippen LogP contribution in [0.1, 0.15) is 12.8 Å². The molecule has 1 atom stereocenters. The van der Waals surface area contributed by atoms with Gasteiger partial charge in [0.1, 0.15) is 11.7 Å². The molecular formula is C19H27FN4O2. The first-order chi connectivity index (χ1) is 12.5. The van der Waals surface area contributed by atoms with Crippen LogP contribution in [0.4, 0.5) is 10.1 Å². The summed E-state index contributed by atoms with van der Waals surface area (Å²) in [6.45, 7) is 6.35. The smallest absolute Gasteiger partial charge is 0.239 e. The van der Waals surface area contributed by atoms with Gasteiger partial charge in [0.05, 0.1) is 0 Å². The second-order valence-electron chi connectivity index (χ2n) is 7.10. The zero-order valence-corrected chi connectivity index (χ0v) is 15.3. The van der Waals surface area contributed by atoms with Crippen LogP contribution >= 0.6 is 0 Å². The molecule has 0 aliphatic carbocycles. The average Bonchev–Trinajstić information content (AvgIpc) is 3.02. The molecule has 1 aromatic rings. The Bertz CT molecular complexity index is 629. The average molecular weight is 362 g/mol. The molecule has 0 aromatic heterocycles. The molecule has 2 amide bonds. The zero-order chi connectivity index (χ0) is 18.5. The highest BCUT2D eigenvalue weighted by Crippen LogP contribution is 2.25. The number of carbonyl (C=O) groups excluding carboxylic acids is 2. The number of rotatable bonds is 6. The number of nitrogens with zero attached hydrogens (tertiary/aromatic N) is 3. The summed E-state index contributed by atoms with van der Waals surface area (Å²) >= 11 is 0. The second-order valence-corrected chi connectivity index (χ2v) is 7.10. The number of amides is 2. The van der Waals surface area contributed by atoms with Crippen LogP contribution in [0.2, 0.25) is 0 Å². The van der Waals surface area contributed by atoms with Crippen LogP contribution in [0.3, 0.4) is 0 Å². The molecule has 6 nitrogen and oxygen atoms in total. The van der Waals surface area contributed by atoms with Crippen molar-refractivity contribution in [2.45, 2.75) is 12.8 Å². The van der Waals surface area contributed by atoms with Crippen LogP contribution in [-0.2, 0) is 9.59 Å². The standard InChI is InChI=1S/C19H27FN4O2/c1-22-11-13-23(14-12-22)9-2-8-21-18(25)17-7-10-24(19(17)26)16-5-3-15(20)4-6-16/h3-6,17H,2,7-14H2,1H3,(H,21,25)/t17-/m0/s1. The van der Waals surface area contributed by atoms with Crippen molar-refractivity contribution in [3.8, 4) is 0 Å². The molecule has 26 heavy (non-hydrogen) atoms. The van der Waals surface area contributed by atoms with E-state index in [0.29, 0.717) is 25.2 Å². The van der Waals surface area contributed by atoms with Gasteiger partial charge in [0.2, 0.25) is 11.8 Å². The summed E-state index contributed by atoms with van der Waals surface area (Å²) in [5.41, 5.74) is 0.641. The van der Waals surface area contributed by atoms with E-state index in [1.807, 2.05) is 0 Å². The SMILES string of the molecule is CN1CCN(CCCNC(=O)[C@@H]2CCN(c3ccc(F)cc3)C2=O)CC1. The lowest BCUT2D eigenvalue weighted by Crippen LogP contribution is -2.45. The maximum absolute atomic E-state index is 13.0. The Morgan fingerprint density at radius 2 is 1.85 bits per heavy atom. The summed E-state index contributed by atoms with van der Waals surface area (Å²) in [7, 11) is 2.13. The lowest BCUT2D eigenvalue weighted by Gasteiger charge is -2.32. The molecule has 2 aliphatic heterocycles. The van der Waals surface area contributed by atoms with Gasteiger partial charge in [0, 0.05) is 45.0 Å². The third-order valence-electron chi connectivity index (χ3n) is 5.21. The molecule has 3 rings (SSSR count). The van der Waals surface area contributed by atoms with Crippen LogP contribution in [0, 0.1) is 11.7 Å². The molecule has 0 bridgehead atoms. The molecule has 2 saturated heterocycles. The topological polar surface area (TPSA) is 55.9 Å². The van der Waals surface area contributed by atoms with Crippen molar-refractivity contribution in [2.75, 3.05) is 57.8 Å². The van der Waals surface area contributed by atoms with Crippen molar-refractivity contribution >= 4 is 17.5 Å². The fourth-order valence-corrected chi connectivity index (χ4v) is 3.51. The molecule has 1 aromatic carbocycles. The predicted molar refractivity (Wildman–Crippen MR) is 98.4 cm³/mol. The summed E-state index contributed by atoms with van der Waals surface area (Å²) in [5.74, 6) is -1.37. The number of hydrogen-bond acceptors (Lipinski definition) is 4. The molecule has 2 aliphatic rings. The van der Waals surface area contributed by atoms with Gasteiger partial charge in [0.25, 0.3) is 0 Å². The van der Waals surface area contributed by atoms with Gasteiger partial charge in [-0.3, -0.25) is 9.59 Å². The number of likely N-dealkylation sites (N-methyl/N-ethyl adjacent to an activating group) is 1. The van der Waals surface area contributed by atoms with Gasteiger partial charge in [-0.05, 0) is 50.7 Å². The summed E-state index contributed by atoms with van der Waals surface area (Å²) in [5, 5.41) is 2.90. The number of nitrogens with one attached hydrogen (secondary N) is 1. The zero-order valence-electron chi connectivity index (χ0n) is 15.3. The Labute approximate surface area is 153 Å². The van der Waals surface area contributed by atoms with E-state index >= 15 is 0 Å². The summed E-state index contributed by atoms with van der Waals surface area (Å²) < 4.78 is 13.0. The number of piperazine rings is 1. The number of anilines is 1. The first kappa shape index (κ1) is 18.8. The van der Waals surface area contributed by atoms with Crippen molar-refractivity contribution in [3.63, 3.8) is 0 Å². The molecule has 0 spiro atoms. The number of halogens is 1. The summed E-state index contributed by atoms with van der Waals surface area (Å²) in [4.78, 5) is 31.1. The van der Waals surface area contributed by atoms with E-state index in [1.54, 1.807) is 17.0 Å². The van der Waals surface area contributed by atoms with E-state index in [2.05, 4.69) is 22.2 Å². The molecular weight excluding hydrogens is 335 g/mol. The molecule has 1 N–H and O–H groups in total. The Morgan fingerprint density at radius 1 is 1.15 bits per heavy atom. The Balaban J connectivity index is 1.41. The van der Waals surface area contributed by atoms with Gasteiger partial charge in [-0.1, -0.05) is 0 Å². The van der Waals surface area contributed by atoms with Crippen molar-refractivity contribution < 1.29 is 14.0 Å². The Hall–Kier alpha value is -1.99. The van der Waals surface area contributed by atoms with E-state index in [1.165, 1.54) is 12.1 Å². The fraction of sp³-hybridized carbons (Fsp3) is 0.579. The van der Waals surface area contributed by atoms with Gasteiger partial charge >= 0.3 is 0 Å². The Kier molecular flexibility index (Phi) is 6.21. The van der Waals surface area contributed by atoms with Gasteiger partial charge in [0.15, 0.2) is 0 Å². The van der Waals surface area contributed by atoms with E-state index in [4.69, 9.17) is 0 Å². The van der Waals surface area contributed by atoms with Gasteiger partial charge in [-0.15, -0.1) is 0 Å². The van der Waals surface area contributed by atoms with Gasteiger partial charge in [-0.2, -0.15) is 0 Å². The molecule has 7 heteroatoms. The number of benzene rings is 1. The maximum atomic E-state index is 13.0. The van der Waals surface area contributed by atoms with Crippen molar-refractivity contribution in [3.05, 3.63) is 30.1 Å². The van der Waals surface area contributed by atoms with Crippen molar-refractivity contribution in [2.24, 2.45) is 5.92 Å². The molecule has 0 saturated carbocycles. The van der Waals surface area contributed by atoms with E-state index in [9.17, 15) is 14.0 Å². The summed E-state index contributed by atoms with van der Waals surface area (Å²) in [6.07, 6.45) is 1.39. The van der Waals surface area contributed by atoms with Gasteiger partial charge < -0.3 is 20.0 Å². The number of hydrogen-bond donors (Lipinski definition) is 1. The van der Waals surface area contributed by atoms with Crippen LogP contribution in [-0.4, -0.2) is 74.5 Å². The second kappa shape index (κ2) is 8.60.